The highest BCUT2D eigenvalue weighted by Crippen LogP contribution is 2.21. The van der Waals surface area contributed by atoms with Gasteiger partial charge in [-0.15, -0.1) is 0 Å². The van der Waals surface area contributed by atoms with Crippen LogP contribution >= 0.6 is 0 Å². The van der Waals surface area contributed by atoms with Crippen LogP contribution in [-0.2, 0) is 9.53 Å². The molecular formula is C12H22N2O4. The van der Waals surface area contributed by atoms with Crippen molar-refractivity contribution in [3.8, 4) is 0 Å². The van der Waals surface area contributed by atoms with Gasteiger partial charge in [-0.05, 0) is 53.1 Å². The minimum absolute atomic E-state index is 0.363. The lowest BCUT2D eigenvalue weighted by atomic mass is 9.91. The number of carboxylic acids is 1. The predicted octanol–water partition coefficient (Wildman–Crippen LogP) is 1.11. The first kappa shape index (κ1) is 14.8. The molecule has 0 spiro atoms. The van der Waals surface area contributed by atoms with Crippen LogP contribution in [0.2, 0.25) is 0 Å². The second kappa shape index (κ2) is 5.56. The van der Waals surface area contributed by atoms with E-state index in [9.17, 15) is 14.7 Å². The largest absolute Gasteiger partial charge is 0.480 e. The van der Waals surface area contributed by atoms with Crippen molar-refractivity contribution in [1.82, 2.24) is 10.6 Å². The molecule has 0 radical (unpaired) electrons. The third-order valence-corrected chi connectivity index (χ3v) is 2.84. The molecular weight excluding hydrogens is 236 g/mol. The van der Waals surface area contributed by atoms with E-state index >= 15 is 0 Å². The number of carbonyl (C=O) groups excluding carboxylic acids is 1. The van der Waals surface area contributed by atoms with Crippen LogP contribution in [0.5, 0.6) is 0 Å². The fourth-order valence-corrected chi connectivity index (χ4v) is 1.96. The first-order chi connectivity index (χ1) is 8.25. The number of nitrogens with one attached hydrogen (secondary N) is 2. The van der Waals surface area contributed by atoms with Crippen molar-refractivity contribution in [3.63, 3.8) is 0 Å². The molecule has 6 heteroatoms. The smallest absolute Gasteiger partial charge is 0.408 e. The summed E-state index contributed by atoms with van der Waals surface area (Å²) in [6.07, 6.45) is 0.810. The number of carbonyl (C=O) groups is 2. The summed E-state index contributed by atoms with van der Waals surface area (Å²) in [4.78, 5) is 23.2. The van der Waals surface area contributed by atoms with Gasteiger partial charge in [-0.25, -0.2) is 9.59 Å². The average Bonchev–Trinajstić information content (AvgIpc) is 2.41. The molecule has 0 aromatic rings. The molecule has 0 aromatic heterocycles. The van der Waals surface area contributed by atoms with Crippen LogP contribution < -0.4 is 10.6 Å². The summed E-state index contributed by atoms with van der Waals surface area (Å²) in [5, 5.41) is 15.0. The van der Waals surface area contributed by atoms with Gasteiger partial charge >= 0.3 is 12.1 Å². The van der Waals surface area contributed by atoms with Crippen LogP contribution in [0.3, 0.4) is 0 Å². The quantitative estimate of drug-likeness (QED) is 0.690. The van der Waals surface area contributed by atoms with Crippen LogP contribution in [0.1, 0.15) is 40.0 Å². The van der Waals surface area contributed by atoms with E-state index < -0.39 is 23.2 Å². The topological polar surface area (TPSA) is 87.7 Å². The van der Waals surface area contributed by atoms with Gasteiger partial charge in [-0.2, -0.15) is 0 Å². The van der Waals surface area contributed by atoms with Gasteiger partial charge in [0.1, 0.15) is 11.1 Å². The van der Waals surface area contributed by atoms with Crippen LogP contribution in [0, 0.1) is 0 Å². The highest BCUT2D eigenvalue weighted by molar-refractivity contribution is 5.84. The third-order valence-electron chi connectivity index (χ3n) is 2.84. The molecule has 1 amide bonds. The number of alkyl carbamates (subject to hydrolysis) is 1. The number of hydrogen-bond acceptors (Lipinski definition) is 4. The van der Waals surface area contributed by atoms with Gasteiger partial charge in [0.15, 0.2) is 0 Å². The number of amides is 1. The highest BCUT2D eigenvalue weighted by Gasteiger charge is 2.41. The summed E-state index contributed by atoms with van der Waals surface area (Å²) in [6, 6.07) is 0. The summed E-state index contributed by atoms with van der Waals surface area (Å²) >= 11 is 0. The normalized spacial score (nSPS) is 25.1. The second-order valence-corrected chi connectivity index (χ2v) is 5.62. The van der Waals surface area contributed by atoms with Crippen molar-refractivity contribution in [2.75, 3.05) is 13.1 Å². The Kier molecular flexibility index (Phi) is 4.56. The number of hydrogen-bond donors (Lipinski definition) is 3. The van der Waals surface area contributed by atoms with E-state index in [0.717, 1.165) is 6.54 Å². The fourth-order valence-electron chi connectivity index (χ4n) is 1.96. The highest BCUT2D eigenvalue weighted by atomic mass is 16.6. The number of rotatable bonds is 2. The lowest BCUT2D eigenvalue weighted by molar-refractivity contribution is -0.145. The van der Waals surface area contributed by atoms with Crippen LogP contribution in [0.25, 0.3) is 0 Å². The van der Waals surface area contributed by atoms with Gasteiger partial charge in [-0.3, -0.25) is 0 Å². The zero-order valence-corrected chi connectivity index (χ0v) is 11.2. The predicted molar refractivity (Wildman–Crippen MR) is 66.5 cm³/mol. The lowest BCUT2D eigenvalue weighted by Crippen LogP contribution is -2.55. The van der Waals surface area contributed by atoms with Crippen molar-refractivity contribution < 1.29 is 19.4 Å². The molecule has 1 atom stereocenters. The Morgan fingerprint density at radius 3 is 2.50 bits per heavy atom. The first-order valence-corrected chi connectivity index (χ1v) is 6.20. The monoisotopic (exact) mass is 258 g/mol. The first-order valence-electron chi connectivity index (χ1n) is 6.20. The van der Waals surface area contributed by atoms with Gasteiger partial charge < -0.3 is 20.5 Å². The van der Waals surface area contributed by atoms with E-state index in [1.54, 1.807) is 20.8 Å². The van der Waals surface area contributed by atoms with Crippen molar-refractivity contribution in [1.29, 1.82) is 0 Å². The van der Waals surface area contributed by atoms with E-state index in [0.29, 0.717) is 25.8 Å². The molecule has 1 fully saturated rings. The Morgan fingerprint density at radius 1 is 1.28 bits per heavy atom. The Hall–Kier alpha value is -1.30. The summed E-state index contributed by atoms with van der Waals surface area (Å²) in [5.41, 5.74) is -1.85. The van der Waals surface area contributed by atoms with Crippen molar-refractivity contribution in [2.45, 2.75) is 51.2 Å². The molecule has 1 heterocycles. The molecule has 1 saturated heterocycles. The zero-order chi connectivity index (χ0) is 13.8. The standard InChI is InChI=1S/C12H22N2O4/c1-11(2,3)18-10(17)14-12(9(15)16)5-4-7-13-8-6-12/h13H,4-8H2,1-3H3,(H,14,17)(H,15,16). The van der Waals surface area contributed by atoms with E-state index in [1.807, 2.05) is 0 Å². The zero-order valence-electron chi connectivity index (χ0n) is 11.2. The van der Waals surface area contributed by atoms with Gasteiger partial charge in [0, 0.05) is 0 Å². The maximum Gasteiger partial charge on any atom is 0.408 e. The molecule has 1 unspecified atom stereocenters. The fraction of sp³-hybridized carbons (Fsp3) is 0.833. The average molecular weight is 258 g/mol. The molecule has 18 heavy (non-hydrogen) atoms. The summed E-state index contributed by atoms with van der Waals surface area (Å²) in [7, 11) is 0. The lowest BCUT2D eigenvalue weighted by Gasteiger charge is -2.30. The van der Waals surface area contributed by atoms with Crippen molar-refractivity contribution >= 4 is 12.1 Å². The van der Waals surface area contributed by atoms with E-state index in [4.69, 9.17) is 4.74 Å². The second-order valence-electron chi connectivity index (χ2n) is 5.62. The Labute approximate surface area is 107 Å². The van der Waals surface area contributed by atoms with Crippen molar-refractivity contribution in [2.24, 2.45) is 0 Å². The van der Waals surface area contributed by atoms with Gasteiger partial charge in [0.2, 0.25) is 0 Å². The van der Waals surface area contributed by atoms with E-state index in [-0.39, 0.29) is 0 Å². The number of aliphatic carboxylic acids is 1. The van der Waals surface area contributed by atoms with E-state index in [1.165, 1.54) is 0 Å². The Morgan fingerprint density at radius 2 is 1.94 bits per heavy atom. The molecule has 1 aliphatic rings. The molecule has 0 bridgehead atoms. The molecule has 0 aliphatic carbocycles. The van der Waals surface area contributed by atoms with Gasteiger partial charge in [0.25, 0.3) is 0 Å². The molecule has 104 valence electrons. The Bertz CT molecular complexity index is 315. The maximum atomic E-state index is 11.7. The minimum atomic E-state index is -1.22. The Balaban J connectivity index is 2.73. The summed E-state index contributed by atoms with van der Waals surface area (Å²) in [6.45, 7) is 6.57. The molecule has 0 saturated carbocycles. The minimum Gasteiger partial charge on any atom is -0.480 e. The third kappa shape index (κ3) is 4.18. The molecule has 6 nitrogen and oxygen atoms in total. The van der Waals surface area contributed by atoms with Crippen LogP contribution in [-0.4, -0.2) is 41.4 Å². The van der Waals surface area contributed by atoms with Crippen LogP contribution in [0.4, 0.5) is 4.79 Å². The molecule has 1 aliphatic heterocycles. The molecule has 1 rings (SSSR count). The van der Waals surface area contributed by atoms with Gasteiger partial charge in [-0.1, -0.05) is 0 Å². The van der Waals surface area contributed by atoms with Gasteiger partial charge in [0.05, 0.1) is 0 Å². The number of carboxylic acid groups (broad SMARTS) is 1. The SMILES string of the molecule is CC(C)(C)OC(=O)NC1(C(=O)O)CCCNCC1. The molecule has 3 N–H and O–H groups in total. The van der Waals surface area contributed by atoms with E-state index in [2.05, 4.69) is 10.6 Å². The molecule has 0 aromatic carbocycles. The summed E-state index contributed by atoms with van der Waals surface area (Å²) in [5.74, 6) is -1.00. The van der Waals surface area contributed by atoms with Crippen molar-refractivity contribution in [3.05, 3.63) is 0 Å². The van der Waals surface area contributed by atoms with Crippen LogP contribution in [0.15, 0.2) is 0 Å². The summed E-state index contributed by atoms with van der Waals surface area (Å²) < 4.78 is 5.12. The number of ether oxygens (including phenoxy) is 1. The maximum absolute atomic E-state index is 11.7.